The smallest absolute Gasteiger partial charge is 0.267 e. The first kappa shape index (κ1) is 21.2. The maximum Gasteiger partial charge on any atom is 0.267 e. The summed E-state index contributed by atoms with van der Waals surface area (Å²) in [5, 5.41) is 12.6. The van der Waals surface area contributed by atoms with Gasteiger partial charge in [0.15, 0.2) is 15.7 Å². The van der Waals surface area contributed by atoms with Gasteiger partial charge in [-0.2, -0.15) is 10.2 Å². The van der Waals surface area contributed by atoms with Crippen LogP contribution in [0.25, 0.3) is 5.82 Å². The molecule has 4 rings (SSSR count). The van der Waals surface area contributed by atoms with E-state index in [9.17, 15) is 18.0 Å². The lowest BCUT2D eigenvalue weighted by Gasteiger charge is -2.27. The van der Waals surface area contributed by atoms with Crippen LogP contribution in [0.15, 0.2) is 29.5 Å². The van der Waals surface area contributed by atoms with E-state index in [1.165, 1.54) is 5.01 Å². The van der Waals surface area contributed by atoms with Gasteiger partial charge in [-0.3, -0.25) is 9.59 Å². The molecule has 0 spiro atoms. The molecule has 2 aromatic heterocycles. The number of carbonyl (C=O) groups is 2. The normalized spacial score (nSPS) is 20.6. The lowest BCUT2D eigenvalue weighted by molar-refractivity contribution is -0.133. The van der Waals surface area contributed by atoms with Crippen LogP contribution < -0.4 is 5.32 Å². The van der Waals surface area contributed by atoms with Gasteiger partial charge >= 0.3 is 0 Å². The Morgan fingerprint density at radius 1 is 1.26 bits per heavy atom. The SMILES string of the molecule is Cc1cc(C)n(-c2ccc(CNC(=O)C3=NN([C@@H]4CCS(=O)(=O)C4)C(=O)CC3)cn2)n1. The third-order valence-electron chi connectivity index (χ3n) is 5.36. The highest BCUT2D eigenvalue weighted by atomic mass is 32.2. The van der Waals surface area contributed by atoms with Crippen LogP contribution in [0.2, 0.25) is 0 Å². The van der Waals surface area contributed by atoms with E-state index in [2.05, 4.69) is 20.5 Å². The van der Waals surface area contributed by atoms with E-state index >= 15 is 0 Å². The van der Waals surface area contributed by atoms with Crippen molar-refractivity contribution in [3.8, 4) is 5.82 Å². The van der Waals surface area contributed by atoms with Crippen LogP contribution in [0.3, 0.4) is 0 Å². The second-order valence-corrected chi connectivity index (χ2v) is 10.1. The number of aromatic nitrogens is 3. The molecule has 1 atom stereocenters. The fourth-order valence-corrected chi connectivity index (χ4v) is 5.47. The highest BCUT2D eigenvalue weighted by Crippen LogP contribution is 2.22. The molecule has 11 heteroatoms. The van der Waals surface area contributed by atoms with Crippen molar-refractivity contribution in [3.63, 3.8) is 0 Å². The molecule has 2 aliphatic rings. The minimum Gasteiger partial charge on any atom is -0.347 e. The van der Waals surface area contributed by atoms with Gasteiger partial charge in [-0.05, 0) is 38.0 Å². The van der Waals surface area contributed by atoms with Crippen molar-refractivity contribution in [2.24, 2.45) is 5.10 Å². The number of pyridine rings is 1. The Morgan fingerprint density at radius 2 is 2.06 bits per heavy atom. The van der Waals surface area contributed by atoms with Crippen LogP contribution in [0.4, 0.5) is 0 Å². The number of sulfone groups is 1. The van der Waals surface area contributed by atoms with Crippen LogP contribution in [-0.4, -0.2) is 63.3 Å². The molecule has 1 saturated heterocycles. The fourth-order valence-electron chi connectivity index (χ4n) is 3.78. The molecule has 0 unspecified atom stereocenters. The van der Waals surface area contributed by atoms with Gasteiger partial charge < -0.3 is 5.32 Å². The summed E-state index contributed by atoms with van der Waals surface area (Å²) >= 11 is 0. The van der Waals surface area contributed by atoms with E-state index < -0.39 is 15.9 Å². The number of amides is 2. The van der Waals surface area contributed by atoms with E-state index in [4.69, 9.17) is 0 Å². The molecular formula is C20H24N6O4S. The Bertz CT molecular complexity index is 1150. The Balaban J connectivity index is 1.39. The Hall–Kier alpha value is -3.08. The van der Waals surface area contributed by atoms with Gasteiger partial charge in [0.25, 0.3) is 5.91 Å². The second-order valence-electron chi connectivity index (χ2n) is 7.89. The lowest BCUT2D eigenvalue weighted by atomic mass is 10.1. The first-order chi connectivity index (χ1) is 14.7. The summed E-state index contributed by atoms with van der Waals surface area (Å²) in [6.07, 6.45) is 2.39. The predicted molar refractivity (Wildman–Crippen MR) is 113 cm³/mol. The average Bonchev–Trinajstić information content (AvgIpc) is 3.27. The highest BCUT2D eigenvalue weighted by molar-refractivity contribution is 7.91. The third kappa shape index (κ3) is 4.66. The molecule has 10 nitrogen and oxygen atoms in total. The Labute approximate surface area is 180 Å². The number of hydrogen-bond donors (Lipinski definition) is 1. The standard InChI is InChI=1S/C20H24N6O4S/c1-13-9-14(2)25(23-13)18-5-3-15(10-21-18)11-22-20(28)17-4-6-19(27)26(24-17)16-7-8-31(29,30)12-16/h3,5,9-10,16H,4,6-8,11-12H2,1-2H3,(H,22,28)/t16-/m1/s1. The Morgan fingerprint density at radius 3 is 2.68 bits per heavy atom. The van der Waals surface area contributed by atoms with Gasteiger partial charge in [0, 0.05) is 31.3 Å². The zero-order chi connectivity index (χ0) is 22.2. The third-order valence-corrected chi connectivity index (χ3v) is 7.12. The van der Waals surface area contributed by atoms with Crippen LogP contribution in [0, 0.1) is 13.8 Å². The molecule has 2 aliphatic heterocycles. The van der Waals surface area contributed by atoms with Gasteiger partial charge in [0.1, 0.15) is 5.71 Å². The molecule has 0 aliphatic carbocycles. The summed E-state index contributed by atoms with van der Waals surface area (Å²) in [7, 11) is -3.15. The molecule has 1 N–H and O–H groups in total. The molecular weight excluding hydrogens is 420 g/mol. The maximum atomic E-state index is 12.6. The molecule has 1 fully saturated rings. The van der Waals surface area contributed by atoms with Crippen molar-refractivity contribution >= 4 is 27.4 Å². The molecule has 0 saturated carbocycles. The number of nitrogens with one attached hydrogen (secondary N) is 1. The molecule has 4 heterocycles. The van der Waals surface area contributed by atoms with Crippen molar-refractivity contribution < 1.29 is 18.0 Å². The quantitative estimate of drug-likeness (QED) is 0.722. The number of rotatable bonds is 5. The number of hydrogen-bond acceptors (Lipinski definition) is 7. The van der Waals surface area contributed by atoms with Crippen LogP contribution in [-0.2, 0) is 26.0 Å². The lowest BCUT2D eigenvalue weighted by Crippen LogP contribution is -2.43. The summed E-state index contributed by atoms with van der Waals surface area (Å²) in [6.45, 7) is 4.13. The summed E-state index contributed by atoms with van der Waals surface area (Å²) in [5.74, 6) is 0.00495. The van der Waals surface area contributed by atoms with Crippen LogP contribution in [0.1, 0.15) is 36.2 Å². The van der Waals surface area contributed by atoms with Crippen molar-refractivity contribution in [1.82, 2.24) is 25.1 Å². The minimum atomic E-state index is -3.15. The van der Waals surface area contributed by atoms with E-state index in [1.807, 2.05) is 32.0 Å². The minimum absolute atomic E-state index is 0.0408. The van der Waals surface area contributed by atoms with Crippen molar-refractivity contribution in [3.05, 3.63) is 41.3 Å². The average molecular weight is 445 g/mol. The monoisotopic (exact) mass is 444 g/mol. The van der Waals surface area contributed by atoms with Crippen molar-refractivity contribution in [2.45, 2.75) is 45.7 Å². The first-order valence-corrected chi connectivity index (χ1v) is 11.9. The molecule has 31 heavy (non-hydrogen) atoms. The zero-order valence-electron chi connectivity index (χ0n) is 17.4. The molecule has 0 aromatic carbocycles. The summed E-state index contributed by atoms with van der Waals surface area (Å²) in [6, 6.07) is 5.17. The molecule has 0 radical (unpaired) electrons. The second kappa shape index (κ2) is 8.22. The van der Waals surface area contributed by atoms with Crippen molar-refractivity contribution in [1.29, 1.82) is 0 Å². The Kier molecular flexibility index (Phi) is 5.61. The van der Waals surface area contributed by atoms with Gasteiger partial charge in [-0.1, -0.05) is 6.07 Å². The summed E-state index contributed by atoms with van der Waals surface area (Å²) < 4.78 is 25.2. The largest absolute Gasteiger partial charge is 0.347 e. The molecule has 2 aromatic rings. The van der Waals surface area contributed by atoms with Crippen LogP contribution in [0.5, 0.6) is 0 Å². The maximum absolute atomic E-state index is 12.6. The number of carbonyl (C=O) groups excluding carboxylic acids is 2. The van der Waals surface area contributed by atoms with Crippen molar-refractivity contribution in [2.75, 3.05) is 11.5 Å². The molecule has 164 valence electrons. The van der Waals surface area contributed by atoms with E-state index in [0.717, 1.165) is 17.0 Å². The fraction of sp³-hybridized carbons (Fsp3) is 0.450. The van der Waals surface area contributed by atoms with Gasteiger partial charge in [-0.25, -0.2) is 23.1 Å². The molecule has 2 amide bonds. The highest BCUT2D eigenvalue weighted by Gasteiger charge is 2.37. The van der Waals surface area contributed by atoms with Crippen LogP contribution >= 0.6 is 0 Å². The van der Waals surface area contributed by atoms with Gasteiger partial charge in [0.05, 0.1) is 23.2 Å². The van der Waals surface area contributed by atoms with E-state index in [-0.39, 0.29) is 48.4 Å². The van der Waals surface area contributed by atoms with Gasteiger partial charge in [0.2, 0.25) is 5.91 Å². The molecule has 0 bridgehead atoms. The van der Waals surface area contributed by atoms with E-state index in [0.29, 0.717) is 12.2 Å². The summed E-state index contributed by atoms with van der Waals surface area (Å²) in [5.41, 5.74) is 2.93. The van der Waals surface area contributed by atoms with E-state index in [1.54, 1.807) is 10.9 Å². The first-order valence-electron chi connectivity index (χ1n) is 10.1. The zero-order valence-corrected chi connectivity index (χ0v) is 18.2. The topological polar surface area (TPSA) is 127 Å². The predicted octanol–water partition coefficient (Wildman–Crippen LogP) is 0.666. The number of hydrazone groups is 1. The summed E-state index contributed by atoms with van der Waals surface area (Å²) in [4.78, 5) is 29.2. The number of aryl methyl sites for hydroxylation is 2. The van der Waals surface area contributed by atoms with Gasteiger partial charge in [-0.15, -0.1) is 0 Å². The number of nitrogens with zero attached hydrogens (tertiary/aromatic N) is 5.